The van der Waals surface area contributed by atoms with Crippen LogP contribution in [0.15, 0.2) is 48.0 Å². The van der Waals surface area contributed by atoms with Gasteiger partial charge in [-0.1, -0.05) is 30.3 Å². The molecule has 0 radical (unpaired) electrons. The largest absolute Gasteiger partial charge is 0.485 e. The lowest BCUT2D eigenvalue weighted by molar-refractivity contribution is 0.101. The van der Waals surface area contributed by atoms with Crippen LogP contribution in [0.25, 0.3) is 10.8 Å². The number of nitrogens with zero attached hydrogens (tertiary/aromatic N) is 1. The number of fused-ring (bicyclic) bond motifs is 1. The Morgan fingerprint density at radius 2 is 2.10 bits per heavy atom. The summed E-state index contributed by atoms with van der Waals surface area (Å²) in [6, 6.07) is 11.7. The predicted octanol–water partition coefficient (Wildman–Crippen LogP) is 4.08. The minimum Gasteiger partial charge on any atom is -0.485 e. The minimum atomic E-state index is 0.00453. The van der Waals surface area contributed by atoms with E-state index in [1.807, 2.05) is 41.8 Å². The first-order valence-electron chi connectivity index (χ1n) is 6.29. The average Bonchev–Trinajstić information content (AvgIpc) is 2.97. The van der Waals surface area contributed by atoms with Crippen LogP contribution >= 0.6 is 11.3 Å². The second kappa shape index (κ2) is 5.43. The van der Waals surface area contributed by atoms with Gasteiger partial charge in [0.25, 0.3) is 0 Å². The lowest BCUT2D eigenvalue weighted by Crippen LogP contribution is -2.02. The summed E-state index contributed by atoms with van der Waals surface area (Å²) >= 11 is 1.54. The molecule has 0 aliphatic carbocycles. The van der Waals surface area contributed by atoms with Crippen molar-refractivity contribution < 1.29 is 9.53 Å². The van der Waals surface area contributed by atoms with Crippen LogP contribution in [0.3, 0.4) is 0 Å². The van der Waals surface area contributed by atoms with Gasteiger partial charge in [0.2, 0.25) is 0 Å². The van der Waals surface area contributed by atoms with Crippen LogP contribution in [-0.4, -0.2) is 10.8 Å². The van der Waals surface area contributed by atoms with E-state index < -0.39 is 0 Å². The fourth-order valence-corrected chi connectivity index (χ4v) is 2.66. The van der Waals surface area contributed by atoms with E-state index in [1.54, 1.807) is 24.5 Å². The Morgan fingerprint density at radius 1 is 1.25 bits per heavy atom. The first kappa shape index (κ1) is 12.8. The molecular weight excluding hydrogens is 270 g/mol. The Morgan fingerprint density at radius 3 is 2.85 bits per heavy atom. The van der Waals surface area contributed by atoms with Crippen LogP contribution in [-0.2, 0) is 6.61 Å². The normalized spacial score (nSPS) is 10.7. The van der Waals surface area contributed by atoms with Crippen molar-refractivity contribution in [2.75, 3.05) is 0 Å². The molecule has 1 heterocycles. The van der Waals surface area contributed by atoms with Crippen molar-refractivity contribution in [3.8, 4) is 5.75 Å². The van der Waals surface area contributed by atoms with Gasteiger partial charge in [-0.2, -0.15) is 0 Å². The van der Waals surface area contributed by atoms with E-state index in [0.29, 0.717) is 17.9 Å². The first-order chi connectivity index (χ1) is 9.75. The van der Waals surface area contributed by atoms with E-state index in [4.69, 9.17) is 4.74 Å². The molecule has 3 aromatic rings. The van der Waals surface area contributed by atoms with Gasteiger partial charge in [-0.05, 0) is 18.4 Å². The Hall–Kier alpha value is -2.20. The zero-order chi connectivity index (χ0) is 13.9. The highest BCUT2D eigenvalue weighted by Gasteiger charge is 2.13. The molecule has 0 spiro atoms. The molecule has 0 amide bonds. The standard InChI is InChI=1S/C16H13NO2S/c1-11(18)13-7-6-12-4-2-3-5-14(12)16(13)19-10-15-17-8-9-20-15/h2-9H,10H2,1H3. The summed E-state index contributed by atoms with van der Waals surface area (Å²) in [6.07, 6.45) is 1.75. The van der Waals surface area contributed by atoms with Crippen molar-refractivity contribution in [2.45, 2.75) is 13.5 Å². The van der Waals surface area contributed by atoms with Gasteiger partial charge in [-0.3, -0.25) is 4.79 Å². The maximum atomic E-state index is 11.8. The summed E-state index contributed by atoms with van der Waals surface area (Å²) in [4.78, 5) is 16.0. The van der Waals surface area contributed by atoms with E-state index in [0.717, 1.165) is 15.8 Å². The van der Waals surface area contributed by atoms with Crippen molar-refractivity contribution in [3.05, 3.63) is 58.5 Å². The van der Waals surface area contributed by atoms with E-state index in [-0.39, 0.29) is 5.78 Å². The van der Waals surface area contributed by atoms with Gasteiger partial charge in [0, 0.05) is 17.0 Å². The summed E-state index contributed by atoms with van der Waals surface area (Å²) in [5.74, 6) is 0.649. The molecule has 1 aromatic heterocycles. The highest BCUT2D eigenvalue weighted by molar-refractivity contribution is 7.09. The molecular formula is C16H13NO2S. The second-order valence-corrected chi connectivity index (χ2v) is 5.41. The van der Waals surface area contributed by atoms with Crippen molar-refractivity contribution in [2.24, 2.45) is 0 Å². The van der Waals surface area contributed by atoms with E-state index in [9.17, 15) is 4.79 Å². The van der Waals surface area contributed by atoms with Crippen molar-refractivity contribution in [1.82, 2.24) is 4.98 Å². The van der Waals surface area contributed by atoms with E-state index in [1.165, 1.54) is 0 Å². The molecule has 3 rings (SSSR count). The molecule has 2 aromatic carbocycles. The van der Waals surface area contributed by atoms with Gasteiger partial charge in [0.1, 0.15) is 17.4 Å². The number of carbonyl (C=O) groups is 1. The number of aromatic nitrogens is 1. The lowest BCUT2D eigenvalue weighted by Gasteiger charge is -2.12. The third kappa shape index (κ3) is 2.42. The van der Waals surface area contributed by atoms with Gasteiger partial charge >= 0.3 is 0 Å². The number of benzene rings is 2. The van der Waals surface area contributed by atoms with Gasteiger partial charge in [0.05, 0.1) is 5.56 Å². The quantitative estimate of drug-likeness (QED) is 0.677. The number of hydrogen-bond acceptors (Lipinski definition) is 4. The molecule has 0 fully saturated rings. The van der Waals surface area contributed by atoms with Crippen molar-refractivity contribution in [1.29, 1.82) is 0 Å². The minimum absolute atomic E-state index is 0.00453. The van der Waals surface area contributed by atoms with Crippen LogP contribution < -0.4 is 4.74 Å². The van der Waals surface area contributed by atoms with Crippen LogP contribution in [0, 0.1) is 0 Å². The molecule has 0 aliphatic rings. The number of ketones is 1. The SMILES string of the molecule is CC(=O)c1ccc2ccccc2c1OCc1nccs1. The molecule has 0 atom stereocenters. The molecule has 0 aliphatic heterocycles. The third-order valence-corrected chi connectivity index (χ3v) is 3.84. The summed E-state index contributed by atoms with van der Waals surface area (Å²) in [6.45, 7) is 1.94. The number of ether oxygens (including phenoxy) is 1. The molecule has 100 valence electrons. The number of hydrogen-bond donors (Lipinski definition) is 0. The van der Waals surface area contributed by atoms with Crippen LogP contribution in [0.1, 0.15) is 22.3 Å². The fraction of sp³-hybridized carbons (Fsp3) is 0.125. The van der Waals surface area contributed by atoms with Crippen LogP contribution in [0.5, 0.6) is 5.75 Å². The van der Waals surface area contributed by atoms with Gasteiger partial charge < -0.3 is 4.74 Å². The van der Waals surface area contributed by atoms with Crippen molar-refractivity contribution in [3.63, 3.8) is 0 Å². The Kier molecular flexibility index (Phi) is 3.48. The fourth-order valence-electron chi connectivity index (χ4n) is 2.13. The highest BCUT2D eigenvalue weighted by Crippen LogP contribution is 2.31. The molecule has 0 bridgehead atoms. The summed E-state index contributed by atoms with van der Waals surface area (Å²) < 4.78 is 5.88. The first-order valence-corrected chi connectivity index (χ1v) is 7.17. The summed E-state index contributed by atoms with van der Waals surface area (Å²) in [5.41, 5.74) is 0.611. The van der Waals surface area contributed by atoms with Gasteiger partial charge in [0.15, 0.2) is 5.78 Å². The Labute approximate surface area is 120 Å². The molecule has 0 unspecified atom stereocenters. The van der Waals surface area contributed by atoms with Gasteiger partial charge in [-0.25, -0.2) is 4.98 Å². The van der Waals surface area contributed by atoms with Gasteiger partial charge in [-0.15, -0.1) is 11.3 Å². The lowest BCUT2D eigenvalue weighted by atomic mass is 10.0. The predicted molar refractivity (Wildman–Crippen MR) is 80.4 cm³/mol. The Balaban J connectivity index is 2.05. The number of rotatable bonds is 4. The summed E-state index contributed by atoms with van der Waals surface area (Å²) in [5, 5.41) is 4.82. The molecule has 3 nitrogen and oxygen atoms in total. The summed E-state index contributed by atoms with van der Waals surface area (Å²) in [7, 11) is 0. The number of carbonyl (C=O) groups excluding carboxylic acids is 1. The van der Waals surface area contributed by atoms with Crippen LogP contribution in [0.2, 0.25) is 0 Å². The molecule has 0 N–H and O–H groups in total. The highest BCUT2D eigenvalue weighted by atomic mass is 32.1. The monoisotopic (exact) mass is 283 g/mol. The zero-order valence-corrected chi connectivity index (χ0v) is 11.8. The molecule has 4 heteroatoms. The van der Waals surface area contributed by atoms with Crippen LogP contribution in [0.4, 0.5) is 0 Å². The van der Waals surface area contributed by atoms with Crippen molar-refractivity contribution >= 4 is 27.9 Å². The maximum absolute atomic E-state index is 11.8. The molecule has 0 saturated heterocycles. The Bertz CT molecular complexity index is 750. The molecule has 20 heavy (non-hydrogen) atoms. The number of thiazole rings is 1. The van der Waals surface area contributed by atoms with E-state index >= 15 is 0 Å². The van der Waals surface area contributed by atoms with E-state index in [2.05, 4.69) is 4.98 Å². The topological polar surface area (TPSA) is 39.2 Å². The number of Topliss-reactive ketones (excluding diaryl/α,β-unsaturated/α-hetero) is 1. The average molecular weight is 283 g/mol. The molecule has 0 saturated carbocycles. The third-order valence-electron chi connectivity index (χ3n) is 3.08. The smallest absolute Gasteiger partial charge is 0.163 e. The second-order valence-electron chi connectivity index (χ2n) is 4.43. The zero-order valence-electron chi connectivity index (χ0n) is 11.0. The maximum Gasteiger partial charge on any atom is 0.163 e.